The molecule has 0 spiro atoms. The van der Waals surface area contributed by atoms with Gasteiger partial charge in [0, 0.05) is 19.8 Å². The van der Waals surface area contributed by atoms with Crippen molar-refractivity contribution >= 4 is 22.9 Å². The molecule has 1 N–H and O–H groups in total. The van der Waals surface area contributed by atoms with E-state index in [1.54, 1.807) is 18.8 Å². The number of fused-ring (bicyclic) bond motifs is 1. The van der Waals surface area contributed by atoms with Gasteiger partial charge >= 0.3 is 5.69 Å². The second-order valence-electron chi connectivity index (χ2n) is 4.50. The van der Waals surface area contributed by atoms with Crippen molar-refractivity contribution in [2.24, 2.45) is 14.1 Å². The number of unbranched alkanes of at least 4 members (excludes halogenated alkanes) is 2. The van der Waals surface area contributed by atoms with Gasteiger partial charge in [0.2, 0.25) is 0 Å². The third-order valence-corrected chi connectivity index (χ3v) is 4.02. The van der Waals surface area contributed by atoms with Gasteiger partial charge in [-0.25, -0.2) is 9.78 Å². The predicted molar refractivity (Wildman–Crippen MR) is 76.8 cm³/mol. The lowest BCUT2D eigenvalue weighted by molar-refractivity contribution is 0.708. The predicted octanol–water partition coefficient (Wildman–Crippen LogP) is 1.24. The highest BCUT2D eigenvalue weighted by atomic mass is 32.2. The van der Waals surface area contributed by atoms with Crippen molar-refractivity contribution in [1.29, 1.82) is 0 Å². The van der Waals surface area contributed by atoms with Crippen LogP contribution in [-0.4, -0.2) is 24.9 Å². The van der Waals surface area contributed by atoms with Crippen molar-refractivity contribution in [1.82, 2.24) is 19.1 Å². The smallest absolute Gasteiger partial charge is 0.327 e. The third kappa shape index (κ3) is 2.60. The Morgan fingerprint density at radius 1 is 1.21 bits per heavy atom. The molecule has 2 rings (SSSR count). The molecule has 19 heavy (non-hydrogen) atoms. The molecule has 7 heteroatoms. The van der Waals surface area contributed by atoms with E-state index in [2.05, 4.69) is 16.9 Å². The first kappa shape index (κ1) is 13.9. The Labute approximate surface area is 114 Å². The standard InChI is InChI=1S/C12H18N4O2S/c1-4-5-6-7-19-11-13-8-9(14-11)15(2)12(18)16(3)10(8)17/h4-7H2,1-3H3,(H,13,14). The summed E-state index contributed by atoms with van der Waals surface area (Å²) >= 11 is 1.59. The molecule has 0 aliphatic carbocycles. The highest BCUT2D eigenvalue weighted by Crippen LogP contribution is 2.18. The van der Waals surface area contributed by atoms with Crippen LogP contribution in [0.25, 0.3) is 11.2 Å². The summed E-state index contributed by atoms with van der Waals surface area (Å²) in [5.41, 5.74) is 0.131. The monoisotopic (exact) mass is 282 g/mol. The highest BCUT2D eigenvalue weighted by Gasteiger charge is 2.13. The Bertz CT molecular complexity index is 698. The number of hydrogen-bond donors (Lipinski definition) is 1. The molecule has 0 aliphatic heterocycles. The minimum atomic E-state index is -0.355. The third-order valence-electron chi connectivity index (χ3n) is 3.06. The maximum Gasteiger partial charge on any atom is 0.332 e. The van der Waals surface area contributed by atoms with Crippen LogP contribution in [-0.2, 0) is 14.1 Å². The van der Waals surface area contributed by atoms with Gasteiger partial charge in [-0.1, -0.05) is 31.5 Å². The Hall–Kier alpha value is -1.50. The zero-order valence-corrected chi connectivity index (χ0v) is 12.2. The zero-order valence-electron chi connectivity index (χ0n) is 11.4. The van der Waals surface area contributed by atoms with Gasteiger partial charge in [-0.15, -0.1) is 0 Å². The molecule has 0 aromatic carbocycles. The average Bonchev–Trinajstić information content (AvgIpc) is 2.83. The van der Waals surface area contributed by atoms with Gasteiger partial charge in [0.25, 0.3) is 5.56 Å². The fourth-order valence-electron chi connectivity index (χ4n) is 1.89. The maximum atomic E-state index is 12.0. The van der Waals surface area contributed by atoms with Crippen LogP contribution in [0.15, 0.2) is 14.7 Å². The first-order valence-electron chi connectivity index (χ1n) is 6.34. The summed E-state index contributed by atoms with van der Waals surface area (Å²) in [4.78, 5) is 31.1. The number of aromatic amines is 1. The van der Waals surface area contributed by atoms with E-state index in [0.29, 0.717) is 16.3 Å². The van der Waals surface area contributed by atoms with Gasteiger partial charge in [-0.2, -0.15) is 0 Å². The van der Waals surface area contributed by atoms with Crippen LogP contribution in [0.2, 0.25) is 0 Å². The van der Waals surface area contributed by atoms with Crippen LogP contribution in [0.3, 0.4) is 0 Å². The largest absolute Gasteiger partial charge is 0.332 e. The lowest BCUT2D eigenvalue weighted by Gasteiger charge is -2.00. The Balaban J connectivity index is 2.36. The maximum absolute atomic E-state index is 12.0. The summed E-state index contributed by atoms with van der Waals surface area (Å²) in [5.74, 6) is 0.960. The van der Waals surface area contributed by atoms with Crippen LogP contribution in [0.4, 0.5) is 0 Å². The zero-order chi connectivity index (χ0) is 14.0. The molecule has 0 amide bonds. The molecule has 2 heterocycles. The summed E-state index contributed by atoms with van der Waals surface area (Å²) in [6.45, 7) is 2.16. The van der Waals surface area contributed by atoms with Crippen molar-refractivity contribution in [3.05, 3.63) is 20.8 Å². The number of hydrogen-bond acceptors (Lipinski definition) is 4. The molecule has 0 aliphatic rings. The van der Waals surface area contributed by atoms with Gasteiger partial charge < -0.3 is 4.98 Å². The molecule has 0 bridgehead atoms. The van der Waals surface area contributed by atoms with Crippen molar-refractivity contribution in [2.45, 2.75) is 31.3 Å². The molecular weight excluding hydrogens is 264 g/mol. The number of thioether (sulfide) groups is 1. The first-order valence-corrected chi connectivity index (χ1v) is 7.33. The van der Waals surface area contributed by atoms with Gasteiger partial charge in [-0.05, 0) is 6.42 Å². The Morgan fingerprint density at radius 3 is 2.63 bits per heavy atom. The van der Waals surface area contributed by atoms with Gasteiger partial charge in [0.15, 0.2) is 16.3 Å². The lowest BCUT2D eigenvalue weighted by atomic mass is 10.3. The Kier molecular flexibility index (Phi) is 4.14. The topological polar surface area (TPSA) is 72.7 Å². The lowest BCUT2D eigenvalue weighted by Crippen LogP contribution is -2.36. The van der Waals surface area contributed by atoms with Crippen LogP contribution < -0.4 is 11.2 Å². The molecule has 104 valence electrons. The van der Waals surface area contributed by atoms with E-state index in [1.807, 2.05) is 0 Å². The fourth-order valence-corrected chi connectivity index (χ4v) is 2.76. The number of H-pyrrole nitrogens is 1. The van der Waals surface area contributed by atoms with Crippen molar-refractivity contribution in [3.63, 3.8) is 0 Å². The number of rotatable bonds is 5. The number of aromatic nitrogens is 4. The fraction of sp³-hybridized carbons (Fsp3) is 0.583. The summed E-state index contributed by atoms with van der Waals surface area (Å²) in [7, 11) is 3.09. The molecular formula is C12H18N4O2S. The Morgan fingerprint density at radius 2 is 1.95 bits per heavy atom. The van der Waals surface area contributed by atoms with E-state index >= 15 is 0 Å². The second-order valence-corrected chi connectivity index (χ2v) is 5.59. The van der Waals surface area contributed by atoms with E-state index in [4.69, 9.17) is 0 Å². The summed E-state index contributed by atoms with van der Waals surface area (Å²) in [6.07, 6.45) is 3.48. The molecule has 0 atom stereocenters. The van der Waals surface area contributed by atoms with Crippen LogP contribution in [0, 0.1) is 0 Å². The summed E-state index contributed by atoms with van der Waals surface area (Å²) in [6, 6.07) is 0. The summed E-state index contributed by atoms with van der Waals surface area (Å²) < 4.78 is 2.48. The van der Waals surface area contributed by atoms with Crippen molar-refractivity contribution in [3.8, 4) is 0 Å². The van der Waals surface area contributed by atoms with E-state index in [-0.39, 0.29) is 11.2 Å². The number of nitrogens with one attached hydrogen (secondary N) is 1. The van der Waals surface area contributed by atoms with E-state index in [1.165, 1.54) is 24.5 Å². The molecule has 0 fully saturated rings. The quantitative estimate of drug-likeness (QED) is 0.661. The van der Waals surface area contributed by atoms with Gasteiger partial charge in [0.05, 0.1) is 0 Å². The normalized spacial score (nSPS) is 11.3. The van der Waals surface area contributed by atoms with E-state index in [0.717, 1.165) is 16.7 Å². The molecule has 0 saturated heterocycles. The molecule has 0 radical (unpaired) electrons. The van der Waals surface area contributed by atoms with Crippen LogP contribution in [0.5, 0.6) is 0 Å². The SMILES string of the molecule is CCCCCSc1nc2c([nH]1)c(=O)n(C)c(=O)n2C. The molecule has 6 nitrogen and oxygen atoms in total. The summed E-state index contributed by atoms with van der Waals surface area (Å²) in [5, 5.41) is 0.699. The second kappa shape index (κ2) is 5.64. The molecule has 2 aromatic rings. The number of nitrogens with zero attached hydrogens (tertiary/aromatic N) is 3. The van der Waals surface area contributed by atoms with E-state index < -0.39 is 0 Å². The first-order chi connectivity index (χ1) is 9.06. The molecule has 2 aromatic heterocycles. The van der Waals surface area contributed by atoms with Crippen LogP contribution >= 0.6 is 11.8 Å². The van der Waals surface area contributed by atoms with Gasteiger partial charge in [0.1, 0.15) is 0 Å². The minimum Gasteiger partial charge on any atom is -0.327 e. The number of imidazole rings is 1. The number of aryl methyl sites for hydroxylation is 1. The van der Waals surface area contributed by atoms with Crippen molar-refractivity contribution in [2.75, 3.05) is 5.75 Å². The molecule has 0 saturated carbocycles. The van der Waals surface area contributed by atoms with Crippen LogP contribution in [0.1, 0.15) is 26.2 Å². The van der Waals surface area contributed by atoms with Crippen molar-refractivity contribution < 1.29 is 0 Å². The van der Waals surface area contributed by atoms with Gasteiger partial charge in [-0.3, -0.25) is 13.9 Å². The minimum absolute atomic E-state index is 0.328. The van der Waals surface area contributed by atoms with E-state index in [9.17, 15) is 9.59 Å². The molecule has 0 unspecified atom stereocenters. The average molecular weight is 282 g/mol. The highest BCUT2D eigenvalue weighted by molar-refractivity contribution is 7.99.